The van der Waals surface area contributed by atoms with Gasteiger partial charge in [-0.1, -0.05) is 12.1 Å². The molecule has 0 saturated carbocycles. The van der Waals surface area contributed by atoms with Crippen LogP contribution in [0.2, 0.25) is 0 Å². The molecular formula is C21H25N3O3. The molecule has 1 aromatic carbocycles. The highest BCUT2D eigenvalue weighted by molar-refractivity contribution is 5.94. The number of aromatic nitrogens is 1. The molecule has 3 heterocycles. The molecule has 142 valence electrons. The molecule has 6 heteroatoms. The summed E-state index contributed by atoms with van der Waals surface area (Å²) in [5.74, 6) is 0.986. The smallest absolute Gasteiger partial charge is 0.270 e. The molecule has 1 aromatic heterocycles. The standard InChI is InChI=1S/C21H25N3O3/c1-22-10-4-7-18(22)19(25)24-12-9-21(15-24)8-11-23(20(21)26)14-16-5-3-6-17(13-16)27-2/h3-7,10,13H,8-9,11-12,14-15H2,1-2H3/t21-/m1/s1. The third kappa shape index (κ3) is 3.09. The Morgan fingerprint density at radius 2 is 2.00 bits per heavy atom. The van der Waals surface area contributed by atoms with Crippen LogP contribution >= 0.6 is 0 Å². The van der Waals surface area contributed by atoms with E-state index in [1.165, 1.54) is 0 Å². The first-order valence-corrected chi connectivity index (χ1v) is 9.35. The number of carbonyl (C=O) groups excluding carboxylic acids is 2. The number of ether oxygens (including phenoxy) is 1. The molecule has 2 fully saturated rings. The van der Waals surface area contributed by atoms with Gasteiger partial charge in [0.1, 0.15) is 11.4 Å². The fourth-order valence-electron chi connectivity index (χ4n) is 4.30. The van der Waals surface area contributed by atoms with E-state index in [0.29, 0.717) is 25.3 Å². The van der Waals surface area contributed by atoms with Crippen molar-refractivity contribution in [2.75, 3.05) is 26.7 Å². The van der Waals surface area contributed by atoms with Gasteiger partial charge in [-0.15, -0.1) is 0 Å². The van der Waals surface area contributed by atoms with E-state index < -0.39 is 5.41 Å². The molecule has 27 heavy (non-hydrogen) atoms. The Morgan fingerprint density at radius 1 is 1.19 bits per heavy atom. The fraction of sp³-hybridized carbons (Fsp3) is 0.429. The predicted molar refractivity (Wildman–Crippen MR) is 101 cm³/mol. The van der Waals surface area contributed by atoms with Gasteiger partial charge in [0.15, 0.2) is 0 Å². The molecule has 2 aliphatic heterocycles. The first kappa shape index (κ1) is 17.6. The van der Waals surface area contributed by atoms with Gasteiger partial charge in [0.2, 0.25) is 5.91 Å². The summed E-state index contributed by atoms with van der Waals surface area (Å²) in [4.78, 5) is 29.7. The zero-order valence-electron chi connectivity index (χ0n) is 15.9. The molecule has 1 atom stereocenters. The molecule has 2 saturated heterocycles. The lowest BCUT2D eigenvalue weighted by molar-refractivity contribution is -0.135. The maximum absolute atomic E-state index is 13.2. The third-order valence-corrected chi connectivity index (χ3v) is 5.91. The van der Waals surface area contributed by atoms with Crippen LogP contribution in [0.5, 0.6) is 5.75 Å². The van der Waals surface area contributed by atoms with Crippen LogP contribution in [0.15, 0.2) is 42.6 Å². The number of methoxy groups -OCH3 is 1. The summed E-state index contributed by atoms with van der Waals surface area (Å²) in [7, 11) is 3.52. The van der Waals surface area contributed by atoms with Gasteiger partial charge < -0.3 is 19.1 Å². The number of amides is 2. The average Bonchev–Trinajstić information content (AvgIpc) is 3.38. The van der Waals surface area contributed by atoms with Gasteiger partial charge in [0, 0.05) is 39.4 Å². The predicted octanol–water partition coefficient (Wildman–Crippen LogP) is 2.30. The quantitative estimate of drug-likeness (QED) is 0.833. The summed E-state index contributed by atoms with van der Waals surface area (Å²) in [5, 5.41) is 0. The maximum atomic E-state index is 13.2. The third-order valence-electron chi connectivity index (χ3n) is 5.91. The van der Waals surface area contributed by atoms with Crippen LogP contribution in [0, 0.1) is 5.41 Å². The minimum absolute atomic E-state index is 0.0124. The highest BCUT2D eigenvalue weighted by Crippen LogP contribution is 2.41. The molecule has 0 aliphatic carbocycles. The minimum atomic E-state index is -0.417. The van der Waals surface area contributed by atoms with E-state index in [2.05, 4.69) is 0 Å². The zero-order chi connectivity index (χ0) is 19.0. The molecule has 2 amide bonds. The van der Waals surface area contributed by atoms with E-state index in [-0.39, 0.29) is 11.8 Å². The number of rotatable bonds is 4. The van der Waals surface area contributed by atoms with E-state index in [1.807, 2.05) is 64.0 Å². The second kappa shape index (κ2) is 6.76. The van der Waals surface area contributed by atoms with Crippen molar-refractivity contribution < 1.29 is 14.3 Å². The number of benzene rings is 1. The Balaban J connectivity index is 1.45. The molecule has 0 radical (unpaired) electrons. The van der Waals surface area contributed by atoms with Crippen LogP contribution in [0.4, 0.5) is 0 Å². The minimum Gasteiger partial charge on any atom is -0.497 e. The zero-order valence-corrected chi connectivity index (χ0v) is 15.9. The van der Waals surface area contributed by atoms with Crippen LogP contribution in [0.1, 0.15) is 28.9 Å². The Hall–Kier alpha value is -2.76. The van der Waals surface area contributed by atoms with Gasteiger partial charge in [-0.05, 0) is 42.7 Å². The van der Waals surface area contributed by atoms with Crippen molar-refractivity contribution in [2.24, 2.45) is 12.5 Å². The summed E-state index contributed by atoms with van der Waals surface area (Å²) in [6.45, 7) is 2.49. The molecule has 2 aromatic rings. The summed E-state index contributed by atoms with van der Waals surface area (Å²) in [6.07, 6.45) is 3.43. The number of carbonyl (C=O) groups is 2. The number of nitrogens with zero attached hydrogens (tertiary/aromatic N) is 3. The Labute approximate surface area is 159 Å². The Morgan fingerprint density at radius 3 is 2.74 bits per heavy atom. The summed E-state index contributed by atoms with van der Waals surface area (Å²) in [5.41, 5.74) is 1.32. The van der Waals surface area contributed by atoms with Gasteiger partial charge in [-0.2, -0.15) is 0 Å². The molecule has 0 bridgehead atoms. The van der Waals surface area contributed by atoms with Gasteiger partial charge in [-0.25, -0.2) is 0 Å². The molecular weight excluding hydrogens is 342 g/mol. The second-order valence-electron chi connectivity index (χ2n) is 7.59. The van der Waals surface area contributed by atoms with E-state index in [4.69, 9.17) is 4.74 Å². The van der Waals surface area contributed by atoms with Gasteiger partial charge in [-0.3, -0.25) is 9.59 Å². The summed E-state index contributed by atoms with van der Waals surface area (Å²) < 4.78 is 7.11. The highest BCUT2D eigenvalue weighted by atomic mass is 16.5. The van der Waals surface area contributed by atoms with Crippen LogP contribution in [-0.2, 0) is 18.4 Å². The van der Waals surface area contributed by atoms with E-state index in [9.17, 15) is 9.59 Å². The number of likely N-dealkylation sites (tertiary alicyclic amines) is 2. The lowest BCUT2D eigenvalue weighted by Crippen LogP contribution is -2.38. The first-order valence-electron chi connectivity index (χ1n) is 9.35. The van der Waals surface area contributed by atoms with E-state index in [1.54, 1.807) is 7.11 Å². The molecule has 6 nitrogen and oxygen atoms in total. The molecule has 0 unspecified atom stereocenters. The van der Waals surface area contributed by atoms with Crippen LogP contribution in [0.3, 0.4) is 0 Å². The molecule has 4 rings (SSSR count). The van der Waals surface area contributed by atoms with Crippen molar-refractivity contribution in [1.29, 1.82) is 0 Å². The topological polar surface area (TPSA) is 54.8 Å². The lowest BCUT2D eigenvalue weighted by atomic mass is 9.85. The van der Waals surface area contributed by atoms with Crippen LogP contribution in [0.25, 0.3) is 0 Å². The van der Waals surface area contributed by atoms with Gasteiger partial charge in [0.25, 0.3) is 5.91 Å². The van der Waals surface area contributed by atoms with E-state index >= 15 is 0 Å². The molecule has 2 aliphatic rings. The van der Waals surface area contributed by atoms with Crippen molar-refractivity contribution in [1.82, 2.24) is 14.4 Å². The maximum Gasteiger partial charge on any atom is 0.270 e. The average molecular weight is 367 g/mol. The summed E-state index contributed by atoms with van der Waals surface area (Å²) in [6, 6.07) is 11.5. The number of aryl methyl sites for hydroxylation is 1. The largest absolute Gasteiger partial charge is 0.497 e. The first-order chi connectivity index (χ1) is 13.0. The lowest BCUT2D eigenvalue weighted by Gasteiger charge is -2.24. The van der Waals surface area contributed by atoms with Crippen LogP contribution < -0.4 is 4.74 Å². The van der Waals surface area contributed by atoms with Crippen molar-refractivity contribution in [3.63, 3.8) is 0 Å². The Kier molecular flexibility index (Phi) is 4.42. The fourth-order valence-corrected chi connectivity index (χ4v) is 4.30. The Bertz CT molecular complexity index is 875. The highest BCUT2D eigenvalue weighted by Gasteiger charge is 2.51. The van der Waals surface area contributed by atoms with Gasteiger partial charge in [0.05, 0.1) is 12.5 Å². The van der Waals surface area contributed by atoms with Crippen molar-refractivity contribution in [3.8, 4) is 5.75 Å². The SMILES string of the molecule is COc1cccc(CN2CC[C@]3(CCN(C(=O)c4cccn4C)C3)C2=O)c1. The molecule has 0 N–H and O–H groups in total. The van der Waals surface area contributed by atoms with E-state index in [0.717, 1.165) is 30.7 Å². The molecule has 1 spiro atoms. The van der Waals surface area contributed by atoms with Crippen LogP contribution in [-0.4, -0.2) is 52.9 Å². The van der Waals surface area contributed by atoms with Crippen molar-refractivity contribution in [3.05, 3.63) is 53.9 Å². The number of hydrogen-bond donors (Lipinski definition) is 0. The summed E-state index contributed by atoms with van der Waals surface area (Å²) >= 11 is 0. The number of hydrogen-bond acceptors (Lipinski definition) is 3. The second-order valence-corrected chi connectivity index (χ2v) is 7.59. The normalized spacial score (nSPS) is 22.1. The van der Waals surface area contributed by atoms with Gasteiger partial charge >= 0.3 is 0 Å². The monoisotopic (exact) mass is 367 g/mol. The van der Waals surface area contributed by atoms with Crippen molar-refractivity contribution >= 4 is 11.8 Å². The van der Waals surface area contributed by atoms with Crippen molar-refractivity contribution in [2.45, 2.75) is 19.4 Å².